The first kappa shape index (κ1) is 12.6. The van der Waals surface area contributed by atoms with Crippen LogP contribution in [0.5, 0.6) is 0 Å². The van der Waals surface area contributed by atoms with Crippen LogP contribution in [0.15, 0.2) is 22.7 Å². The van der Waals surface area contributed by atoms with E-state index in [4.69, 9.17) is 5.73 Å². The number of hydrogen-bond donors (Lipinski definition) is 1. The molecule has 0 aromatic heterocycles. The first-order valence-corrected chi connectivity index (χ1v) is 5.44. The summed E-state index contributed by atoms with van der Waals surface area (Å²) >= 11 is 3.27. The van der Waals surface area contributed by atoms with Gasteiger partial charge < -0.3 is 5.73 Å². The van der Waals surface area contributed by atoms with E-state index in [-0.39, 0.29) is 5.56 Å². The van der Waals surface area contributed by atoms with Crippen LogP contribution in [0.1, 0.15) is 31.4 Å². The Morgan fingerprint density at radius 2 is 2.00 bits per heavy atom. The molecule has 4 heteroatoms. The van der Waals surface area contributed by atoms with E-state index in [2.05, 4.69) is 15.9 Å². The molecule has 1 rings (SSSR count). The van der Waals surface area contributed by atoms with Gasteiger partial charge in [0.25, 0.3) is 6.43 Å². The van der Waals surface area contributed by atoms with Crippen molar-refractivity contribution in [2.45, 2.75) is 32.2 Å². The van der Waals surface area contributed by atoms with Crippen LogP contribution < -0.4 is 5.73 Å². The standard InChI is InChI=1S/C11H14BrF2N/c1-11(2,15)6-7-5-8(12)3-4-9(7)10(13)14/h3-5,10H,6,15H2,1-2H3. The number of nitrogens with two attached hydrogens (primary N) is 1. The van der Waals surface area contributed by atoms with Gasteiger partial charge in [-0.15, -0.1) is 0 Å². The minimum Gasteiger partial charge on any atom is -0.325 e. The smallest absolute Gasteiger partial charge is 0.264 e. The monoisotopic (exact) mass is 277 g/mol. The summed E-state index contributed by atoms with van der Waals surface area (Å²) in [6.45, 7) is 3.65. The molecule has 15 heavy (non-hydrogen) atoms. The molecule has 0 unspecified atom stereocenters. The molecule has 1 aromatic carbocycles. The maximum absolute atomic E-state index is 12.7. The molecular weight excluding hydrogens is 264 g/mol. The Bertz CT molecular complexity index is 345. The molecule has 0 fully saturated rings. The van der Waals surface area contributed by atoms with Gasteiger partial charge in [0.15, 0.2) is 0 Å². The lowest BCUT2D eigenvalue weighted by Gasteiger charge is -2.20. The molecule has 0 aliphatic heterocycles. The van der Waals surface area contributed by atoms with Gasteiger partial charge in [-0.25, -0.2) is 8.78 Å². The molecule has 0 radical (unpaired) electrons. The predicted octanol–water partition coefficient (Wildman–Crippen LogP) is 3.67. The molecule has 0 aliphatic rings. The predicted molar refractivity (Wildman–Crippen MR) is 61.1 cm³/mol. The lowest BCUT2D eigenvalue weighted by molar-refractivity contribution is 0.150. The Labute approximate surface area is 96.8 Å². The summed E-state index contributed by atoms with van der Waals surface area (Å²) in [7, 11) is 0. The highest BCUT2D eigenvalue weighted by Crippen LogP contribution is 2.27. The Morgan fingerprint density at radius 1 is 1.40 bits per heavy atom. The van der Waals surface area contributed by atoms with Crippen molar-refractivity contribution in [3.8, 4) is 0 Å². The molecule has 2 N–H and O–H groups in total. The minimum atomic E-state index is -2.45. The Hall–Kier alpha value is -0.480. The van der Waals surface area contributed by atoms with E-state index in [0.29, 0.717) is 12.0 Å². The van der Waals surface area contributed by atoms with Gasteiger partial charge in [0.2, 0.25) is 0 Å². The van der Waals surface area contributed by atoms with Gasteiger partial charge in [-0.3, -0.25) is 0 Å². The first-order valence-electron chi connectivity index (χ1n) is 4.65. The van der Waals surface area contributed by atoms with Crippen LogP contribution in [0.2, 0.25) is 0 Å². The fraction of sp³-hybridized carbons (Fsp3) is 0.455. The zero-order chi connectivity index (χ0) is 11.6. The average Bonchev–Trinajstić information content (AvgIpc) is 1.99. The molecule has 0 spiro atoms. The van der Waals surface area contributed by atoms with Crippen LogP contribution in [0.25, 0.3) is 0 Å². The summed E-state index contributed by atoms with van der Waals surface area (Å²) in [4.78, 5) is 0. The third kappa shape index (κ3) is 3.87. The lowest BCUT2D eigenvalue weighted by atomic mass is 9.93. The SMILES string of the molecule is CC(C)(N)Cc1cc(Br)ccc1C(F)F. The molecule has 0 atom stereocenters. The van der Waals surface area contributed by atoms with Crippen molar-refractivity contribution in [2.24, 2.45) is 5.73 Å². The minimum absolute atomic E-state index is 0.0664. The number of benzene rings is 1. The van der Waals surface area contributed by atoms with E-state index in [1.54, 1.807) is 12.1 Å². The zero-order valence-corrected chi connectivity index (χ0v) is 10.3. The van der Waals surface area contributed by atoms with Crippen molar-refractivity contribution in [3.63, 3.8) is 0 Å². The molecule has 0 heterocycles. The zero-order valence-electron chi connectivity index (χ0n) is 8.73. The Balaban J connectivity index is 3.08. The fourth-order valence-electron chi connectivity index (χ4n) is 1.43. The van der Waals surface area contributed by atoms with Gasteiger partial charge in [0.05, 0.1) is 0 Å². The highest BCUT2D eigenvalue weighted by molar-refractivity contribution is 9.10. The Kier molecular flexibility index (Phi) is 3.84. The van der Waals surface area contributed by atoms with Crippen LogP contribution in [0.4, 0.5) is 8.78 Å². The van der Waals surface area contributed by atoms with E-state index >= 15 is 0 Å². The number of alkyl halides is 2. The van der Waals surface area contributed by atoms with E-state index in [1.165, 1.54) is 6.07 Å². The number of rotatable bonds is 3. The van der Waals surface area contributed by atoms with E-state index in [1.807, 2.05) is 13.8 Å². The van der Waals surface area contributed by atoms with Crippen molar-refractivity contribution in [3.05, 3.63) is 33.8 Å². The van der Waals surface area contributed by atoms with Gasteiger partial charge in [-0.1, -0.05) is 22.0 Å². The van der Waals surface area contributed by atoms with E-state index in [9.17, 15) is 8.78 Å². The topological polar surface area (TPSA) is 26.0 Å². The lowest BCUT2D eigenvalue weighted by Crippen LogP contribution is -2.34. The third-order valence-corrected chi connectivity index (χ3v) is 2.48. The highest BCUT2D eigenvalue weighted by atomic mass is 79.9. The van der Waals surface area contributed by atoms with Crippen molar-refractivity contribution < 1.29 is 8.78 Å². The third-order valence-electron chi connectivity index (χ3n) is 1.99. The van der Waals surface area contributed by atoms with E-state index in [0.717, 1.165) is 4.47 Å². The molecular formula is C11H14BrF2N. The quantitative estimate of drug-likeness (QED) is 0.897. The molecule has 1 aromatic rings. The van der Waals surface area contributed by atoms with Gasteiger partial charge in [-0.05, 0) is 38.0 Å². The van der Waals surface area contributed by atoms with Gasteiger partial charge in [0, 0.05) is 15.6 Å². The molecule has 0 bridgehead atoms. The molecule has 0 saturated heterocycles. The van der Waals surface area contributed by atoms with Crippen LogP contribution in [0.3, 0.4) is 0 Å². The van der Waals surface area contributed by atoms with Crippen LogP contribution in [-0.4, -0.2) is 5.54 Å². The second-order valence-corrected chi connectivity index (χ2v) is 5.22. The van der Waals surface area contributed by atoms with Crippen molar-refractivity contribution in [2.75, 3.05) is 0 Å². The number of halogens is 3. The highest BCUT2D eigenvalue weighted by Gasteiger charge is 2.18. The van der Waals surface area contributed by atoms with Crippen molar-refractivity contribution in [1.82, 2.24) is 0 Å². The molecule has 84 valence electrons. The van der Waals surface area contributed by atoms with Gasteiger partial charge >= 0.3 is 0 Å². The summed E-state index contributed by atoms with van der Waals surface area (Å²) in [5.41, 5.74) is 6.01. The number of hydrogen-bond acceptors (Lipinski definition) is 1. The largest absolute Gasteiger partial charge is 0.325 e. The van der Waals surface area contributed by atoms with Crippen molar-refractivity contribution in [1.29, 1.82) is 0 Å². The van der Waals surface area contributed by atoms with Crippen LogP contribution in [0, 0.1) is 0 Å². The second-order valence-electron chi connectivity index (χ2n) is 4.31. The summed E-state index contributed by atoms with van der Waals surface area (Å²) in [5, 5.41) is 0. The summed E-state index contributed by atoms with van der Waals surface area (Å²) in [6.07, 6.45) is -2.01. The first-order chi connectivity index (χ1) is 6.79. The van der Waals surface area contributed by atoms with Crippen molar-refractivity contribution >= 4 is 15.9 Å². The normalized spacial score (nSPS) is 12.2. The maximum Gasteiger partial charge on any atom is 0.264 e. The van der Waals surface area contributed by atoms with Crippen LogP contribution in [-0.2, 0) is 6.42 Å². The fourth-order valence-corrected chi connectivity index (χ4v) is 1.84. The molecule has 0 saturated carbocycles. The van der Waals surface area contributed by atoms with Crippen LogP contribution >= 0.6 is 15.9 Å². The second kappa shape index (κ2) is 4.58. The van der Waals surface area contributed by atoms with E-state index < -0.39 is 12.0 Å². The maximum atomic E-state index is 12.7. The summed E-state index contributed by atoms with van der Waals surface area (Å²) in [5.74, 6) is 0. The summed E-state index contributed by atoms with van der Waals surface area (Å²) < 4.78 is 26.2. The Morgan fingerprint density at radius 3 is 2.47 bits per heavy atom. The van der Waals surface area contributed by atoms with Gasteiger partial charge in [-0.2, -0.15) is 0 Å². The average molecular weight is 278 g/mol. The summed E-state index contributed by atoms with van der Waals surface area (Å²) in [6, 6.07) is 4.76. The molecule has 0 aliphatic carbocycles. The molecule has 1 nitrogen and oxygen atoms in total. The molecule has 0 amide bonds. The van der Waals surface area contributed by atoms with Gasteiger partial charge in [0.1, 0.15) is 0 Å².